The maximum absolute atomic E-state index is 5.86. The number of ether oxygens (including phenoxy) is 1. The van der Waals surface area contributed by atoms with Gasteiger partial charge in [-0.05, 0) is 30.3 Å². The molecule has 3 rings (SSSR count). The number of nitrogens with zero attached hydrogens (tertiary/aromatic N) is 1. The zero-order chi connectivity index (χ0) is 14.8. The fourth-order valence-electron chi connectivity index (χ4n) is 2.95. The molecule has 0 saturated carbocycles. The second-order valence-electron chi connectivity index (χ2n) is 5.65. The molecule has 3 nitrogen and oxygen atoms in total. The second-order valence-corrected chi connectivity index (χ2v) is 5.65. The van der Waals surface area contributed by atoms with Gasteiger partial charge in [0.1, 0.15) is 5.75 Å². The van der Waals surface area contributed by atoms with Crippen LogP contribution in [0.5, 0.6) is 5.75 Å². The summed E-state index contributed by atoms with van der Waals surface area (Å²) in [4.78, 5) is 2.13. The molecule has 0 amide bonds. The van der Waals surface area contributed by atoms with Crippen molar-refractivity contribution in [3.63, 3.8) is 0 Å². The first-order chi connectivity index (χ1) is 10.2. The van der Waals surface area contributed by atoms with E-state index in [-0.39, 0.29) is 6.04 Å². The smallest absolute Gasteiger partial charge is 0.127 e. The van der Waals surface area contributed by atoms with E-state index in [4.69, 9.17) is 4.74 Å². The van der Waals surface area contributed by atoms with Gasteiger partial charge in [-0.1, -0.05) is 30.3 Å². The Labute approximate surface area is 126 Å². The highest BCUT2D eigenvalue weighted by molar-refractivity contribution is 5.53. The number of nitrogens with one attached hydrogen (secondary N) is 1. The maximum Gasteiger partial charge on any atom is 0.127 e. The lowest BCUT2D eigenvalue weighted by Gasteiger charge is -2.22. The topological polar surface area (TPSA) is 24.5 Å². The summed E-state index contributed by atoms with van der Waals surface area (Å²) in [6.07, 6.45) is 1.01. The normalized spacial score (nSPS) is 14.4. The first kappa shape index (κ1) is 14.0. The van der Waals surface area contributed by atoms with Crippen LogP contribution >= 0.6 is 0 Å². The van der Waals surface area contributed by atoms with Gasteiger partial charge in [-0.25, -0.2) is 0 Å². The summed E-state index contributed by atoms with van der Waals surface area (Å²) >= 11 is 0. The van der Waals surface area contributed by atoms with Crippen LogP contribution in [0.3, 0.4) is 0 Å². The third-order valence-electron chi connectivity index (χ3n) is 4.06. The maximum atomic E-state index is 5.86. The molecule has 1 atom stereocenters. The summed E-state index contributed by atoms with van der Waals surface area (Å²) < 4.78 is 5.86. The minimum absolute atomic E-state index is 0.151. The van der Waals surface area contributed by atoms with E-state index in [1.807, 2.05) is 7.05 Å². The van der Waals surface area contributed by atoms with Crippen molar-refractivity contribution in [1.29, 1.82) is 0 Å². The van der Waals surface area contributed by atoms with E-state index >= 15 is 0 Å². The first-order valence-corrected chi connectivity index (χ1v) is 7.40. The summed E-state index contributed by atoms with van der Waals surface area (Å²) in [5.41, 5.74) is 5.01. The molecule has 0 aliphatic carbocycles. The number of hydrogen-bond acceptors (Lipinski definition) is 3. The number of anilines is 1. The predicted octanol–water partition coefficient (Wildman–Crippen LogP) is 3.00. The van der Waals surface area contributed by atoms with Crippen LogP contribution in [0, 0.1) is 0 Å². The highest BCUT2D eigenvalue weighted by Gasteiger charge is 2.22. The summed E-state index contributed by atoms with van der Waals surface area (Å²) in [6, 6.07) is 15.2. The third-order valence-corrected chi connectivity index (χ3v) is 4.06. The fraction of sp³-hybridized carbons (Fsp3) is 0.333. The Bertz CT molecular complexity index is 637. The molecule has 1 N–H and O–H groups in total. The zero-order valence-electron chi connectivity index (χ0n) is 12.9. The summed E-state index contributed by atoms with van der Waals surface area (Å²) in [5.74, 6) is 1.06. The van der Waals surface area contributed by atoms with Gasteiger partial charge >= 0.3 is 0 Å². The molecule has 1 heterocycles. The molecule has 2 aromatic carbocycles. The molecular formula is C18H22N2O. The van der Waals surface area contributed by atoms with Crippen molar-refractivity contribution in [2.75, 3.05) is 32.6 Å². The van der Waals surface area contributed by atoms with Crippen molar-refractivity contribution in [2.45, 2.75) is 12.5 Å². The Balaban J connectivity index is 2.03. The van der Waals surface area contributed by atoms with Crippen LogP contribution in [0.25, 0.3) is 0 Å². The second kappa shape index (κ2) is 5.78. The zero-order valence-corrected chi connectivity index (χ0v) is 12.9. The number of benzene rings is 2. The van der Waals surface area contributed by atoms with Gasteiger partial charge in [0.2, 0.25) is 0 Å². The molecular weight excluding hydrogens is 260 g/mol. The number of rotatable bonds is 4. The molecule has 2 aromatic rings. The summed E-state index contributed by atoms with van der Waals surface area (Å²) in [5, 5.41) is 3.43. The van der Waals surface area contributed by atoms with Crippen LogP contribution in [0.1, 0.15) is 22.7 Å². The molecule has 0 fully saturated rings. The van der Waals surface area contributed by atoms with E-state index in [1.165, 1.54) is 22.4 Å². The Morgan fingerprint density at radius 1 is 1.14 bits per heavy atom. The van der Waals surface area contributed by atoms with Crippen molar-refractivity contribution >= 4 is 5.69 Å². The summed E-state index contributed by atoms with van der Waals surface area (Å²) in [6.45, 7) is 0.792. The van der Waals surface area contributed by atoms with Crippen LogP contribution < -0.4 is 15.0 Å². The van der Waals surface area contributed by atoms with Crippen molar-refractivity contribution in [1.82, 2.24) is 5.32 Å². The van der Waals surface area contributed by atoms with Crippen LogP contribution in [-0.2, 0) is 6.42 Å². The predicted molar refractivity (Wildman–Crippen MR) is 87.3 cm³/mol. The monoisotopic (exact) mass is 282 g/mol. The number of para-hydroxylation sites is 1. The van der Waals surface area contributed by atoms with E-state index in [2.05, 4.69) is 66.8 Å². The van der Waals surface area contributed by atoms with Crippen LogP contribution in [-0.4, -0.2) is 27.7 Å². The molecule has 1 aliphatic heterocycles. The Morgan fingerprint density at radius 3 is 2.71 bits per heavy atom. The van der Waals surface area contributed by atoms with Crippen LogP contribution in [0.15, 0.2) is 42.5 Å². The number of fused-ring (bicyclic) bond motifs is 1. The first-order valence-electron chi connectivity index (χ1n) is 7.40. The molecule has 21 heavy (non-hydrogen) atoms. The molecule has 0 bridgehead atoms. The van der Waals surface area contributed by atoms with Gasteiger partial charge in [-0.3, -0.25) is 0 Å². The molecule has 1 aliphatic rings. The lowest BCUT2D eigenvalue weighted by atomic mass is 9.95. The van der Waals surface area contributed by atoms with Gasteiger partial charge in [0.05, 0.1) is 12.6 Å². The lowest BCUT2D eigenvalue weighted by molar-refractivity contribution is 0.351. The van der Waals surface area contributed by atoms with E-state index < -0.39 is 0 Å². The average molecular weight is 282 g/mol. The van der Waals surface area contributed by atoms with Crippen LogP contribution in [0.2, 0.25) is 0 Å². The van der Waals surface area contributed by atoms with E-state index in [9.17, 15) is 0 Å². The third kappa shape index (κ3) is 2.61. The molecule has 3 heteroatoms. The lowest BCUT2D eigenvalue weighted by Crippen LogP contribution is -2.19. The van der Waals surface area contributed by atoms with Gasteiger partial charge in [-0.2, -0.15) is 0 Å². The largest absolute Gasteiger partial charge is 0.493 e. The van der Waals surface area contributed by atoms with E-state index in [1.54, 1.807) is 0 Å². The summed E-state index contributed by atoms with van der Waals surface area (Å²) in [7, 11) is 6.13. The standard InChI is InChI=1S/C18H22N2O/c1-19-17(14-7-4-8-15(12-14)20(2)3)16-9-5-6-13-10-11-21-18(13)16/h4-9,12,17,19H,10-11H2,1-3H3. The van der Waals surface area contributed by atoms with Crippen LogP contribution in [0.4, 0.5) is 5.69 Å². The van der Waals surface area contributed by atoms with Gasteiger partial charge in [0, 0.05) is 31.8 Å². The molecule has 0 radical (unpaired) electrons. The van der Waals surface area contributed by atoms with Gasteiger partial charge in [0.15, 0.2) is 0 Å². The molecule has 0 aromatic heterocycles. The van der Waals surface area contributed by atoms with Gasteiger partial charge < -0.3 is 15.0 Å². The van der Waals surface area contributed by atoms with Crippen molar-refractivity contribution in [3.8, 4) is 5.75 Å². The highest BCUT2D eigenvalue weighted by Crippen LogP contribution is 2.36. The Hall–Kier alpha value is -2.00. The van der Waals surface area contributed by atoms with E-state index in [0.717, 1.165) is 18.8 Å². The van der Waals surface area contributed by atoms with Gasteiger partial charge in [-0.15, -0.1) is 0 Å². The van der Waals surface area contributed by atoms with Crippen molar-refractivity contribution in [3.05, 3.63) is 59.2 Å². The quantitative estimate of drug-likeness (QED) is 0.933. The molecule has 1 unspecified atom stereocenters. The fourth-order valence-corrected chi connectivity index (χ4v) is 2.95. The van der Waals surface area contributed by atoms with Gasteiger partial charge in [0.25, 0.3) is 0 Å². The molecule has 0 saturated heterocycles. The van der Waals surface area contributed by atoms with Crippen molar-refractivity contribution in [2.24, 2.45) is 0 Å². The van der Waals surface area contributed by atoms with Crippen molar-refractivity contribution < 1.29 is 4.74 Å². The molecule has 110 valence electrons. The highest BCUT2D eigenvalue weighted by atomic mass is 16.5. The Kier molecular flexibility index (Phi) is 3.84. The minimum atomic E-state index is 0.151. The van der Waals surface area contributed by atoms with E-state index in [0.29, 0.717) is 0 Å². The molecule has 0 spiro atoms. The SMILES string of the molecule is CNC(c1cccc(N(C)C)c1)c1cccc2c1OCC2. The minimum Gasteiger partial charge on any atom is -0.493 e. The number of hydrogen-bond donors (Lipinski definition) is 1. The average Bonchev–Trinajstić information content (AvgIpc) is 2.97. The Morgan fingerprint density at radius 2 is 1.95 bits per heavy atom.